The predicted octanol–water partition coefficient (Wildman–Crippen LogP) is 3.71. The zero-order chi connectivity index (χ0) is 21.3. The third kappa shape index (κ3) is 3.35. The zero-order valence-electron chi connectivity index (χ0n) is 16.0. The van der Waals surface area contributed by atoms with Gasteiger partial charge in [-0.1, -0.05) is 24.3 Å². The number of fused-ring (bicyclic) bond motifs is 2. The molecule has 0 saturated carbocycles. The number of pyridine rings is 1. The number of amides is 1. The van der Waals surface area contributed by atoms with Crippen molar-refractivity contribution in [1.29, 1.82) is 0 Å². The SMILES string of the molecule is COc1ccc([N+](=O)[O-])cc1NC(=O)Cn1c2ccccc2c(=O)c2ccccc21. The Kier molecular flexibility index (Phi) is 4.89. The average molecular weight is 403 g/mol. The number of nitrogens with one attached hydrogen (secondary N) is 1. The van der Waals surface area contributed by atoms with Gasteiger partial charge in [0.15, 0.2) is 5.43 Å². The number of carbonyl (C=O) groups excluding carboxylic acids is 1. The molecule has 0 unspecified atom stereocenters. The molecule has 8 nitrogen and oxygen atoms in total. The molecule has 4 aromatic rings. The second kappa shape index (κ2) is 7.67. The van der Waals surface area contributed by atoms with Gasteiger partial charge in [-0.05, 0) is 30.3 Å². The predicted molar refractivity (Wildman–Crippen MR) is 114 cm³/mol. The van der Waals surface area contributed by atoms with Gasteiger partial charge in [0.2, 0.25) is 5.91 Å². The minimum Gasteiger partial charge on any atom is -0.495 e. The molecule has 1 heterocycles. The van der Waals surface area contributed by atoms with E-state index in [1.165, 1.54) is 25.3 Å². The van der Waals surface area contributed by atoms with Crippen LogP contribution in [-0.4, -0.2) is 22.5 Å². The van der Waals surface area contributed by atoms with E-state index in [1.807, 2.05) is 0 Å². The van der Waals surface area contributed by atoms with Crippen molar-refractivity contribution >= 4 is 39.1 Å². The van der Waals surface area contributed by atoms with E-state index in [4.69, 9.17) is 4.74 Å². The number of hydrogen-bond donors (Lipinski definition) is 1. The monoisotopic (exact) mass is 403 g/mol. The average Bonchev–Trinajstić information content (AvgIpc) is 2.76. The molecule has 1 aromatic heterocycles. The number of nitrogens with zero attached hydrogens (tertiary/aromatic N) is 2. The van der Waals surface area contributed by atoms with E-state index in [-0.39, 0.29) is 23.3 Å². The number of nitro groups is 1. The Morgan fingerprint density at radius 2 is 1.63 bits per heavy atom. The molecule has 1 N–H and O–H groups in total. The van der Waals surface area contributed by atoms with Gasteiger partial charge in [-0.3, -0.25) is 19.7 Å². The zero-order valence-corrected chi connectivity index (χ0v) is 16.0. The number of non-ortho nitro benzene ring substituents is 1. The van der Waals surface area contributed by atoms with Gasteiger partial charge in [0.25, 0.3) is 5.69 Å². The van der Waals surface area contributed by atoms with Crippen LogP contribution in [0.4, 0.5) is 11.4 Å². The quantitative estimate of drug-likeness (QED) is 0.311. The number of ether oxygens (including phenoxy) is 1. The molecule has 0 saturated heterocycles. The fourth-order valence-corrected chi connectivity index (χ4v) is 3.49. The first-order valence-electron chi connectivity index (χ1n) is 9.12. The summed E-state index contributed by atoms with van der Waals surface area (Å²) in [6.45, 7) is -0.0901. The third-order valence-corrected chi connectivity index (χ3v) is 4.85. The first-order chi connectivity index (χ1) is 14.5. The number of rotatable bonds is 5. The van der Waals surface area contributed by atoms with Crippen molar-refractivity contribution in [3.63, 3.8) is 0 Å². The summed E-state index contributed by atoms with van der Waals surface area (Å²) >= 11 is 0. The second-order valence-corrected chi connectivity index (χ2v) is 6.64. The summed E-state index contributed by atoms with van der Waals surface area (Å²) < 4.78 is 6.96. The highest BCUT2D eigenvalue weighted by Crippen LogP contribution is 2.29. The first kappa shape index (κ1) is 19.1. The number of para-hydroxylation sites is 2. The number of aromatic nitrogens is 1. The first-order valence-corrected chi connectivity index (χ1v) is 9.12. The Hall–Kier alpha value is -4.20. The summed E-state index contributed by atoms with van der Waals surface area (Å²) in [7, 11) is 1.42. The lowest BCUT2D eigenvalue weighted by molar-refractivity contribution is -0.384. The smallest absolute Gasteiger partial charge is 0.271 e. The summed E-state index contributed by atoms with van der Waals surface area (Å²) in [5.41, 5.74) is 1.19. The van der Waals surface area contributed by atoms with Crippen LogP contribution in [0.1, 0.15) is 0 Å². The van der Waals surface area contributed by atoms with E-state index in [9.17, 15) is 19.7 Å². The highest BCUT2D eigenvalue weighted by atomic mass is 16.6. The van der Waals surface area contributed by atoms with Crippen molar-refractivity contribution in [2.75, 3.05) is 12.4 Å². The molecule has 0 radical (unpaired) electrons. The third-order valence-electron chi connectivity index (χ3n) is 4.85. The number of carbonyl (C=O) groups is 1. The van der Waals surface area contributed by atoms with Crippen molar-refractivity contribution in [3.8, 4) is 5.75 Å². The van der Waals surface area contributed by atoms with Crippen LogP contribution >= 0.6 is 0 Å². The number of hydrogen-bond acceptors (Lipinski definition) is 5. The second-order valence-electron chi connectivity index (χ2n) is 6.64. The molecule has 0 fully saturated rings. The van der Waals surface area contributed by atoms with E-state index < -0.39 is 10.8 Å². The maximum absolute atomic E-state index is 12.9. The molecule has 8 heteroatoms. The molecular formula is C22H17N3O5. The maximum Gasteiger partial charge on any atom is 0.271 e. The van der Waals surface area contributed by atoms with Crippen LogP contribution in [0.5, 0.6) is 5.75 Å². The van der Waals surface area contributed by atoms with Gasteiger partial charge in [-0.25, -0.2) is 0 Å². The topological polar surface area (TPSA) is 103 Å². The fraction of sp³-hybridized carbons (Fsp3) is 0.0909. The largest absolute Gasteiger partial charge is 0.495 e. The molecule has 4 rings (SSSR count). The minimum atomic E-state index is -0.544. The number of benzene rings is 3. The van der Waals surface area contributed by atoms with Crippen molar-refractivity contribution in [3.05, 3.63) is 87.1 Å². The Bertz CT molecular complexity index is 1300. The van der Waals surface area contributed by atoms with Crippen LogP contribution in [0, 0.1) is 10.1 Å². The molecule has 3 aromatic carbocycles. The lowest BCUT2D eigenvalue weighted by atomic mass is 10.1. The van der Waals surface area contributed by atoms with E-state index >= 15 is 0 Å². The molecule has 30 heavy (non-hydrogen) atoms. The molecule has 0 atom stereocenters. The summed E-state index contributed by atoms with van der Waals surface area (Å²) in [5.74, 6) is -0.101. The molecule has 150 valence electrons. The van der Waals surface area contributed by atoms with E-state index in [0.717, 1.165) is 0 Å². The fourth-order valence-electron chi connectivity index (χ4n) is 3.49. The summed E-state index contributed by atoms with van der Waals surface area (Å²) in [4.78, 5) is 36.2. The van der Waals surface area contributed by atoms with Crippen LogP contribution < -0.4 is 15.5 Å². The lowest BCUT2D eigenvalue weighted by Gasteiger charge is -2.16. The summed E-state index contributed by atoms with van der Waals surface area (Å²) in [6.07, 6.45) is 0. The van der Waals surface area contributed by atoms with E-state index in [1.54, 1.807) is 53.1 Å². The molecule has 0 spiro atoms. The number of methoxy groups -OCH3 is 1. The van der Waals surface area contributed by atoms with Crippen molar-refractivity contribution in [2.45, 2.75) is 6.54 Å². The van der Waals surface area contributed by atoms with Gasteiger partial charge in [0, 0.05) is 22.9 Å². The van der Waals surface area contributed by atoms with Gasteiger partial charge in [0.1, 0.15) is 12.3 Å². The molecule has 0 bridgehead atoms. The minimum absolute atomic E-state index is 0.0901. The standard InChI is InChI=1S/C22H17N3O5/c1-30-20-11-10-14(25(28)29)12-17(20)23-21(26)13-24-18-8-4-2-6-15(18)22(27)16-7-3-5-9-19(16)24/h2-12H,13H2,1H3,(H,23,26). The van der Waals surface area contributed by atoms with E-state index in [0.29, 0.717) is 27.6 Å². The van der Waals surface area contributed by atoms with Gasteiger partial charge < -0.3 is 14.6 Å². The molecule has 0 aliphatic rings. The lowest BCUT2D eigenvalue weighted by Crippen LogP contribution is -2.21. The van der Waals surface area contributed by atoms with Crippen molar-refractivity contribution in [1.82, 2.24) is 4.57 Å². The Morgan fingerprint density at radius 1 is 1.03 bits per heavy atom. The van der Waals surface area contributed by atoms with Gasteiger partial charge in [-0.15, -0.1) is 0 Å². The van der Waals surface area contributed by atoms with Crippen LogP contribution in [0.3, 0.4) is 0 Å². The van der Waals surface area contributed by atoms with Crippen molar-refractivity contribution < 1.29 is 14.5 Å². The Morgan fingerprint density at radius 3 is 2.20 bits per heavy atom. The molecule has 0 aliphatic heterocycles. The van der Waals surface area contributed by atoms with Gasteiger partial charge >= 0.3 is 0 Å². The van der Waals surface area contributed by atoms with Gasteiger partial charge in [0.05, 0.1) is 28.8 Å². The highest BCUT2D eigenvalue weighted by molar-refractivity contribution is 5.97. The summed E-state index contributed by atoms with van der Waals surface area (Å²) in [5, 5.41) is 14.8. The summed E-state index contributed by atoms with van der Waals surface area (Å²) in [6, 6.07) is 18.1. The van der Waals surface area contributed by atoms with Gasteiger partial charge in [-0.2, -0.15) is 0 Å². The van der Waals surface area contributed by atoms with Crippen LogP contribution in [0.2, 0.25) is 0 Å². The number of anilines is 1. The number of nitro benzene ring substituents is 1. The normalized spacial score (nSPS) is 10.8. The van der Waals surface area contributed by atoms with Crippen LogP contribution in [0.15, 0.2) is 71.5 Å². The molecule has 0 aliphatic carbocycles. The Balaban J connectivity index is 1.77. The van der Waals surface area contributed by atoms with Crippen LogP contribution in [-0.2, 0) is 11.3 Å². The Labute approximate surface area is 170 Å². The maximum atomic E-state index is 12.9. The molecule has 1 amide bonds. The molecular weight excluding hydrogens is 386 g/mol. The van der Waals surface area contributed by atoms with Crippen molar-refractivity contribution in [2.24, 2.45) is 0 Å². The highest BCUT2D eigenvalue weighted by Gasteiger charge is 2.16. The van der Waals surface area contributed by atoms with Crippen LogP contribution in [0.25, 0.3) is 21.8 Å². The van der Waals surface area contributed by atoms with E-state index in [2.05, 4.69) is 5.32 Å².